The number of nitrogens with zero attached hydrogens (tertiary/aromatic N) is 2. The van der Waals surface area contributed by atoms with E-state index in [0.717, 1.165) is 12.1 Å². The number of fused-ring (bicyclic) bond motifs is 2. The number of pyridine rings is 2. The third kappa shape index (κ3) is 5.60. The molecule has 2 amide bonds. The van der Waals surface area contributed by atoms with Crippen molar-refractivity contribution in [3.8, 4) is 0 Å². The number of esters is 2. The van der Waals surface area contributed by atoms with E-state index in [4.69, 9.17) is 9.47 Å². The molecule has 1 fully saturated rings. The number of H-pyrrole nitrogens is 2. The van der Waals surface area contributed by atoms with E-state index < -0.39 is 48.1 Å². The van der Waals surface area contributed by atoms with Crippen molar-refractivity contribution in [1.29, 1.82) is 0 Å². The molecule has 0 unspecified atom stereocenters. The zero-order valence-corrected chi connectivity index (χ0v) is 21.2. The summed E-state index contributed by atoms with van der Waals surface area (Å²) in [5.74, 6) is -2.47. The van der Waals surface area contributed by atoms with E-state index in [-0.39, 0.29) is 37.3 Å². The zero-order valence-electron chi connectivity index (χ0n) is 21.2. The zero-order chi connectivity index (χ0) is 28.2. The molecule has 12 heteroatoms. The Morgan fingerprint density at radius 1 is 0.625 bits per heavy atom. The fourth-order valence-electron chi connectivity index (χ4n) is 4.54. The summed E-state index contributed by atoms with van der Waals surface area (Å²) in [4.78, 5) is 82.4. The van der Waals surface area contributed by atoms with Crippen LogP contribution >= 0.6 is 0 Å². The Hall–Kier alpha value is -5.26. The number of nitrogens with one attached hydrogen (secondary N) is 2. The molecule has 1 saturated heterocycles. The molecule has 40 heavy (non-hydrogen) atoms. The quantitative estimate of drug-likeness (QED) is 0.341. The van der Waals surface area contributed by atoms with Gasteiger partial charge in [-0.15, -0.1) is 0 Å². The first-order chi connectivity index (χ1) is 19.3. The molecule has 0 radical (unpaired) electrons. The largest absolute Gasteiger partial charge is 0.452 e. The maximum Gasteiger partial charge on any atom is 0.339 e. The molecule has 2 aromatic carbocycles. The van der Waals surface area contributed by atoms with Crippen LogP contribution in [0.5, 0.6) is 0 Å². The van der Waals surface area contributed by atoms with Crippen LogP contribution in [-0.4, -0.2) is 82.9 Å². The number of amides is 2. The van der Waals surface area contributed by atoms with Crippen molar-refractivity contribution in [1.82, 2.24) is 19.8 Å². The summed E-state index contributed by atoms with van der Waals surface area (Å²) < 4.78 is 10.4. The van der Waals surface area contributed by atoms with Crippen LogP contribution in [-0.2, 0) is 19.1 Å². The predicted octanol–water partition coefficient (Wildman–Crippen LogP) is 1.05. The van der Waals surface area contributed by atoms with Crippen LogP contribution in [0.3, 0.4) is 0 Å². The maximum atomic E-state index is 12.6. The molecule has 0 spiro atoms. The lowest BCUT2D eigenvalue weighted by molar-refractivity contribution is -0.142. The van der Waals surface area contributed by atoms with Crippen molar-refractivity contribution in [2.45, 2.75) is 0 Å². The average molecular weight is 545 g/mol. The van der Waals surface area contributed by atoms with Gasteiger partial charge in [-0.05, 0) is 12.1 Å². The summed E-state index contributed by atoms with van der Waals surface area (Å²) in [7, 11) is 0. The molecule has 0 aliphatic carbocycles. The fraction of sp³-hybridized carbons (Fsp3) is 0.214. The van der Waals surface area contributed by atoms with Gasteiger partial charge in [0.15, 0.2) is 13.2 Å². The van der Waals surface area contributed by atoms with Gasteiger partial charge in [0.25, 0.3) is 11.8 Å². The molecule has 2 aromatic heterocycles. The van der Waals surface area contributed by atoms with Gasteiger partial charge in [-0.25, -0.2) is 9.59 Å². The lowest BCUT2D eigenvalue weighted by Crippen LogP contribution is -2.52. The van der Waals surface area contributed by atoms with Crippen LogP contribution in [0.15, 0.2) is 70.3 Å². The first-order valence-corrected chi connectivity index (χ1v) is 12.4. The average Bonchev–Trinajstić information content (AvgIpc) is 2.97. The van der Waals surface area contributed by atoms with Gasteiger partial charge in [0, 0.05) is 60.1 Å². The van der Waals surface area contributed by atoms with Crippen LogP contribution in [0.25, 0.3) is 21.8 Å². The third-order valence-corrected chi connectivity index (χ3v) is 6.58. The molecule has 0 atom stereocenters. The number of carbonyl (C=O) groups is 4. The van der Waals surface area contributed by atoms with Crippen molar-refractivity contribution < 1.29 is 28.7 Å². The predicted molar refractivity (Wildman–Crippen MR) is 143 cm³/mol. The van der Waals surface area contributed by atoms with Crippen LogP contribution in [0.4, 0.5) is 0 Å². The van der Waals surface area contributed by atoms with Crippen LogP contribution < -0.4 is 11.1 Å². The highest BCUT2D eigenvalue weighted by molar-refractivity contribution is 6.04. The third-order valence-electron chi connectivity index (χ3n) is 6.58. The van der Waals surface area contributed by atoms with Gasteiger partial charge in [0.1, 0.15) is 0 Å². The number of piperazine rings is 1. The summed E-state index contributed by atoms with van der Waals surface area (Å²) in [6.07, 6.45) is 0. The Kier molecular flexibility index (Phi) is 7.40. The molecule has 5 rings (SSSR count). The van der Waals surface area contributed by atoms with Gasteiger partial charge < -0.3 is 29.2 Å². The van der Waals surface area contributed by atoms with Gasteiger partial charge in [-0.2, -0.15) is 0 Å². The normalized spacial score (nSPS) is 13.3. The van der Waals surface area contributed by atoms with Crippen LogP contribution in [0.2, 0.25) is 0 Å². The van der Waals surface area contributed by atoms with E-state index >= 15 is 0 Å². The van der Waals surface area contributed by atoms with Crippen molar-refractivity contribution in [2.24, 2.45) is 0 Å². The molecule has 2 N–H and O–H groups in total. The van der Waals surface area contributed by atoms with E-state index in [1.54, 1.807) is 48.5 Å². The molecule has 1 aliphatic heterocycles. The van der Waals surface area contributed by atoms with E-state index in [1.165, 1.54) is 9.80 Å². The fourth-order valence-corrected chi connectivity index (χ4v) is 4.54. The number of aromatic nitrogens is 2. The van der Waals surface area contributed by atoms with E-state index in [1.807, 2.05) is 0 Å². The second-order valence-corrected chi connectivity index (χ2v) is 9.10. The number of benzene rings is 2. The second-order valence-electron chi connectivity index (χ2n) is 9.10. The Balaban J connectivity index is 1.11. The molecule has 0 saturated carbocycles. The maximum absolute atomic E-state index is 12.6. The van der Waals surface area contributed by atoms with Crippen molar-refractivity contribution >= 4 is 45.6 Å². The Bertz CT molecular complexity index is 1620. The Morgan fingerprint density at radius 2 is 1.00 bits per heavy atom. The second kappa shape index (κ2) is 11.2. The van der Waals surface area contributed by atoms with Gasteiger partial charge in [0.05, 0.1) is 11.1 Å². The molecule has 4 aromatic rings. The van der Waals surface area contributed by atoms with E-state index in [0.29, 0.717) is 21.8 Å². The number of aromatic amines is 2. The molecular formula is C28H24N4O8. The van der Waals surface area contributed by atoms with Crippen molar-refractivity contribution in [3.05, 3.63) is 92.5 Å². The number of hydrogen-bond acceptors (Lipinski definition) is 8. The SMILES string of the molecule is O=C(OCC(=O)N1CCN(C(=O)COC(=O)c2cc(=O)[nH]c3ccccc23)CC1)c1cc(=O)[nH]c2ccccc12. The number of rotatable bonds is 6. The molecule has 12 nitrogen and oxygen atoms in total. The number of hydrogen-bond donors (Lipinski definition) is 2. The topological polar surface area (TPSA) is 159 Å². The summed E-state index contributed by atoms with van der Waals surface area (Å²) in [6, 6.07) is 15.8. The molecule has 1 aliphatic rings. The highest BCUT2D eigenvalue weighted by Gasteiger charge is 2.26. The Labute approximate surface area is 226 Å². The summed E-state index contributed by atoms with van der Waals surface area (Å²) >= 11 is 0. The summed E-state index contributed by atoms with van der Waals surface area (Å²) in [6.45, 7) is -0.248. The molecule has 3 heterocycles. The molecule has 0 bridgehead atoms. The monoisotopic (exact) mass is 544 g/mol. The highest BCUT2D eigenvalue weighted by atomic mass is 16.5. The van der Waals surface area contributed by atoms with Gasteiger partial charge in [-0.1, -0.05) is 36.4 Å². The molecule has 204 valence electrons. The van der Waals surface area contributed by atoms with E-state index in [9.17, 15) is 28.8 Å². The summed E-state index contributed by atoms with van der Waals surface area (Å²) in [5.41, 5.74) is 0.148. The standard InChI is InChI=1S/C28H24N4O8/c33-23-13-19(17-5-1-3-7-21(17)29-23)27(37)39-15-25(35)31-9-11-32(12-10-31)26(36)16-40-28(38)20-14-24(34)30-22-8-4-2-6-18(20)22/h1-8,13-14H,9-12,15-16H2,(H,29,33)(H,30,34). The summed E-state index contributed by atoms with van der Waals surface area (Å²) in [5, 5.41) is 0.999. The van der Waals surface area contributed by atoms with Gasteiger partial charge >= 0.3 is 11.9 Å². The van der Waals surface area contributed by atoms with E-state index in [2.05, 4.69) is 9.97 Å². The smallest absolute Gasteiger partial charge is 0.339 e. The van der Waals surface area contributed by atoms with Gasteiger partial charge in [-0.3, -0.25) is 19.2 Å². The first-order valence-electron chi connectivity index (χ1n) is 12.4. The van der Waals surface area contributed by atoms with Crippen LogP contribution in [0.1, 0.15) is 20.7 Å². The lowest BCUT2D eigenvalue weighted by Gasteiger charge is -2.34. The minimum atomic E-state index is -0.792. The highest BCUT2D eigenvalue weighted by Crippen LogP contribution is 2.17. The Morgan fingerprint density at radius 3 is 1.40 bits per heavy atom. The molecular weight excluding hydrogens is 520 g/mol. The van der Waals surface area contributed by atoms with Gasteiger partial charge in [0.2, 0.25) is 11.1 Å². The van der Waals surface area contributed by atoms with Crippen LogP contribution in [0, 0.1) is 0 Å². The number of carbonyl (C=O) groups excluding carboxylic acids is 4. The number of ether oxygens (including phenoxy) is 2. The minimum Gasteiger partial charge on any atom is -0.452 e. The number of para-hydroxylation sites is 2. The van der Waals surface area contributed by atoms with Crippen molar-refractivity contribution in [2.75, 3.05) is 39.4 Å². The first kappa shape index (κ1) is 26.4. The minimum absolute atomic E-state index is 0.0604. The lowest BCUT2D eigenvalue weighted by atomic mass is 10.1. The van der Waals surface area contributed by atoms with Crippen molar-refractivity contribution in [3.63, 3.8) is 0 Å².